The highest BCUT2D eigenvalue weighted by atomic mass is 35.5. The van der Waals surface area contributed by atoms with Gasteiger partial charge in [0.25, 0.3) is 0 Å². The fourth-order valence-electron chi connectivity index (χ4n) is 1.79. The second-order valence-corrected chi connectivity index (χ2v) is 4.42. The van der Waals surface area contributed by atoms with Crippen LogP contribution in [0, 0.1) is 5.82 Å². The van der Waals surface area contributed by atoms with Crippen molar-refractivity contribution in [2.24, 2.45) is 0 Å². The number of nitrogens with one attached hydrogen (secondary N) is 1. The quantitative estimate of drug-likeness (QED) is 0.896. The average molecular weight is 259 g/mol. The number of halogens is 2. The van der Waals surface area contributed by atoms with Crippen LogP contribution in [0.15, 0.2) is 18.2 Å². The second-order valence-electron chi connectivity index (χ2n) is 4.01. The minimum atomic E-state index is -0.384. The van der Waals surface area contributed by atoms with Gasteiger partial charge in [0, 0.05) is 31.9 Å². The summed E-state index contributed by atoms with van der Waals surface area (Å²) in [6, 6.07) is 4.68. The molecule has 0 bridgehead atoms. The lowest BCUT2D eigenvalue weighted by Gasteiger charge is -2.26. The maximum absolute atomic E-state index is 12.9. The summed E-state index contributed by atoms with van der Waals surface area (Å²) in [5.74, 6) is -0.384. The van der Waals surface area contributed by atoms with Crippen LogP contribution in [0.3, 0.4) is 0 Å². The fourth-order valence-corrected chi connectivity index (χ4v) is 1.97. The van der Waals surface area contributed by atoms with E-state index in [4.69, 9.17) is 16.3 Å². The first-order valence-electron chi connectivity index (χ1n) is 5.75. The van der Waals surface area contributed by atoms with E-state index in [-0.39, 0.29) is 10.8 Å². The van der Waals surface area contributed by atoms with E-state index in [2.05, 4.69) is 10.2 Å². The summed E-state index contributed by atoms with van der Waals surface area (Å²) in [6.45, 7) is 5.35. The number of hydrogen-bond donors (Lipinski definition) is 1. The zero-order valence-corrected chi connectivity index (χ0v) is 10.3. The molecule has 0 unspecified atom stereocenters. The van der Waals surface area contributed by atoms with E-state index in [0.29, 0.717) is 0 Å². The van der Waals surface area contributed by atoms with Crippen LogP contribution in [-0.4, -0.2) is 44.3 Å². The van der Waals surface area contributed by atoms with Crippen molar-refractivity contribution in [1.82, 2.24) is 4.90 Å². The lowest BCUT2D eigenvalue weighted by molar-refractivity contribution is 0.0398. The molecule has 1 heterocycles. The third-order valence-electron chi connectivity index (χ3n) is 2.78. The third-order valence-corrected chi connectivity index (χ3v) is 3.07. The van der Waals surface area contributed by atoms with Gasteiger partial charge in [-0.2, -0.15) is 0 Å². The normalized spacial score (nSPS) is 17.1. The minimum absolute atomic E-state index is 0.154. The van der Waals surface area contributed by atoms with Gasteiger partial charge in [-0.3, -0.25) is 4.90 Å². The van der Waals surface area contributed by atoms with Gasteiger partial charge in [-0.15, -0.1) is 0 Å². The van der Waals surface area contributed by atoms with Gasteiger partial charge in [-0.05, 0) is 18.2 Å². The highest BCUT2D eigenvalue weighted by molar-refractivity contribution is 6.31. The molecular formula is C12H16ClFN2O. The van der Waals surface area contributed by atoms with E-state index < -0.39 is 0 Å². The minimum Gasteiger partial charge on any atom is -0.384 e. The lowest BCUT2D eigenvalue weighted by atomic mass is 10.3. The van der Waals surface area contributed by atoms with E-state index in [9.17, 15) is 4.39 Å². The molecule has 1 saturated heterocycles. The van der Waals surface area contributed by atoms with Crippen molar-refractivity contribution in [3.8, 4) is 0 Å². The number of hydrogen-bond acceptors (Lipinski definition) is 3. The molecular weight excluding hydrogens is 243 g/mol. The van der Waals surface area contributed by atoms with Gasteiger partial charge in [0.1, 0.15) is 5.82 Å². The fraction of sp³-hybridized carbons (Fsp3) is 0.500. The molecule has 0 atom stereocenters. The SMILES string of the molecule is Fc1ccc(NCCN2CCOCC2)cc1Cl. The molecule has 0 amide bonds. The van der Waals surface area contributed by atoms with Gasteiger partial charge in [-0.25, -0.2) is 4.39 Å². The zero-order valence-electron chi connectivity index (χ0n) is 9.59. The molecule has 3 nitrogen and oxygen atoms in total. The molecule has 5 heteroatoms. The summed E-state index contributed by atoms with van der Waals surface area (Å²) in [5, 5.41) is 3.38. The predicted molar refractivity (Wildman–Crippen MR) is 67.2 cm³/mol. The Morgan fingerprint density at radius 1 is 1.35 bits per heavy atom. The zero-order chi connectivity index (χ0) is 12.1. The van der Waals surface area contributed by atoms with Crippen molar-refractivity contribution < 1.29 is 9.13 Å². The molecule has 0 aliphatic carbocycles. The third kappa shape index (κ3) is 3.84. The van der Waals surface area contributed by atoms with Crippen molar-refractivity contribution in [1.29, 1.82) is 0 Å². The topological polar surface area (TPSA) is 24.5 Å². The Morgan fingerprint density at radius 3 is 2.82 bits per heavy atom. The molecule has 1 aliphatic heterocycles. The number of morpholine rings is 1. The summed E-state index contributed by atoms with van der Waals surface area (Å²) in [5.41, 5.74) is 0.852. The number of nitrogens with zero attached hydrogens (tertiary/aromatic N) is 1. The van der Waals surface area contributed by atoms with Crippen LogP contribution in [0.1, 0.15) is 0 Å². The van der Waals surface area contributed by atoms with Crippen molar-refractivity contribution in [2.45, 2.75) is 0 Å². The Kier molecular flexibility index (Phi) is 4.59. The van der Waals surface area contributed by atoms with Crippen LogP contribution in [-0.2, 0) is 4.74 Å². The molecule has 1 aromatic rings. The molecule has 1 fully saturated rings. The smallest absolute Gasteiger partial charge is 0.141 e. The maximum atomic E-state index is 12.9. The Morgan fingerprint density at radius 2 is 2.12 bits per heavy atom. The first-order chi connectivity index (χ1) is 8.25. The summed E-state index contributed by atoms with van der Waals surface area (Å²) in [7, 11) is 0. The predicted octanol–water partition coefficient (Wildman–Crippen LogP) is 2.22. The van der Waals surface area contributed by atoms with E-state index in [1.807, 2.05) is 0 Å². The summed E-state index contributed by atoms with van der Waals surface area (Å²) in [6.07, 6.45) is 0. The van der Waals surface area contributed by atoms with E-state index in [0.717, 1.165) is 45.1 Å². The van der Waals surface area contributed by atoms with Crippen LogP contribution < -0.4 is 5.32 Å². The number of anilines is 1. The molecule has 0 aromatic heterocycles. The number of rotatable bonds is 4. The molecule has 0 spiro atoms. The van der Waals surface area contributed by atoms with E-state index >= 15 is 0 Å². The van der Waals surface area contributed by atoms with Gasteiger partial charge >= 0.3 is 0 Å². The van der Waals surface area contributed by atoms with Crippen LogP contribution in [0.2, 0.25) is 5.02 Å². The largest absolute Gasteiger partial charge is 0.384 e. The maximum Gasteiger partial charge on any atom is 0.141 e. The van der Waals surface area contributed by atoms with Crippen LogP contribution in [0.4, 0.5) is 10.1 Å². The van der Waals surface area contributed by atoms with Crippen LogP contribution >= 0.6 is 11.6 Å². The molecule has 1 N–H and O–H groups in total. The van der Waals surface area contributed by atoms with Crippen molar-refractivity contribution >= 4 is 17.3 Å². The molecule has 1 aliphatic rings. The molecule has 94 valence electrons. The Hall–Kier alpha value is -0.840. The highest BCUT2D eigenvalue weighted by Gasteiger charge is 2.09. The lowest BCUT2D eigenvalue weighted by Crippen LogP contribution is -2.38. The standard InChI is InChI=1S/C12H16ClFN2O/c13-11-9-10(1-2-12(11)14)15-3-4-16-5-7-17-8-6-16/h1-2,9,15H,3-8H2. The van der Waals surface area contributed by atoms with Gasteiger partial charge in [0.05, 0.1) is 18.2 Å². The monoisotopic (exact) mass is 258 g/mol. The molecule has 2 rings (SSSR count). The van der Waals surface area contributed by atoms with Gasteiger partial charge < -0.3 is 10.1 Å². The first-order valence-corrected chi connectivity index (χ1v) is 6.12. The Labute approximate surface area is 106 Å². The van der Waals surface area contributed by atoms with Gasteiger partial charge in [0.2, 0.25) is 0 Å². The first kappa shape index (κ1) is 12.6. The number of ether oxygens (including phenoxy) is 1. The van der Waals surface area contributed by atoms with Gasteiger partial charge in [0.15, 0.2) is 0 Å². The molecule has 0 radical (unpaired) electrons. The Bertz CT molecular complexity index is 370. The van der Waals surface area contributed by atoms with E-state index in [1.54, 1.807) is 12.1 Å². The summed E-state index contributed by atoms with van der Waals surface area (Å²) < 4.78 is 18.2. The molecule has 17 heavy (non-hydrogen) atoms. The van der Waals surface area contributed by atoms with Crippen LogP contribution in [0.25, 0.3) is 0 Å². The molecule has 0 saturated carbocycles. The van der Waals surface area contributed by atoms with Crippen molar-refractivity contribution in [2.75, 3.05) is 44.7 Å². The van der Waals surface area contributed by atoms with Gasteiger partial charge in [-0.1, -0.05) is 11.6 Å². The summed E-state index contributed by atoms with van der Waals surface area (Å²) >= 11 is 5.70. The van der Waals surface area contributed by atoms with Crippen LogP contribution in [0.5, 0.6) is 0 Å². The average Bonchev–Trinajstić information content (AvgIpc) is 2.35. The Balaban J connectivity index is 1.75. The molecule has 1 aromatic carbocycles. The number of benzene rings is 1. The van der Waals surface area contributed by atoms with Crippen molar-refractivity contribution in [3.63, 3.8) is 0 Å². The van der Waals surface area contributed by atoms with E-state index in [1.165, 1.54) is 6.07 Å². The van der Waals surface area contributed by atoms with Crippen molar-refractivity contribution in [3.05, 3.63) is 29.0 Å². The summed E-state index contributed by atoms with van der Waals surface area (Å²) in [4.78, 5) is 2.33. The highest BCUT2D eigenvalue weighted by Crippen LogP contribution is 2.19. The second kappa shape index (κ2) is 6.19.